The number of carbonyl (C=O) groups excluding carboxylic acids is 3. The summed E-state index contributed by atoms with van der Waals surface area (Å²) in [6, 6.07) is 0. The molecule has 0 aromatic heterocycles. The number of carbonyl (C=O) groups is 3. The van der Waals surface area contributed by atoms with E-state index in [0.29, 0.717) is 38.5 Å². The molecular weight excluding hydrogens is 760 g/mol. The van der Waals surface area contributed by atoms with Crippen LogP contribution >= 0.6 is 0 Å². The van der Waals surface area contributed by atoms with Crippen molar-refractivity contribution < 1.29 is 78.9 Å². The standard InChI is InChI=1S/C42H64O16/c1-37(35(52)54-6)11-13-42(36(53)58-34-31(51)29(49)28(48)24(17-43)56-34)14-12-40(4)20(21(42)15-37)7-8-26-38(2)16-22(45)32(57-33-30(50)27(47)23(46)18-55-33)39(3,19-44)25(38)9-10-41(26,40)5/h7,21,23-34,43-44,46-51H,8-19H2,1-6H3/t21-,23+,24+,25+,26+,27-,28+,29-,30+,31+,32-,33-,34-,37-,38-,39-,40+,41+,42-/m0/s1. The summed E-state index contributed by atoms with van der Waals surface area (Å²) in [6.07, 6.45) is -8.99. The molecule has 0 amide bonds. The van der Waals surface area contributed by atoms with Crippen molar-refractivity contribution in [2.24, 2.45) is 50.2 Å². The van der Waals surface area contributed by atoms with Crippen LogP contribution in [0.5, 0.6) is 0 Å². The molecule has 16 heteroatoms. The molecule has 16 nitrogen and oxygen atoms in total. The number of ether oxygens (including phenoxy) is 5. The number of ketones is 1. The van der Waals surface area contributed by atoms with E-state index in [1.165, 1.54) is 7.11 Å². The first kappa shape index (κ1) is 44.0. The van der Waals surface area contributed by atoms with Crippen molar-refractivity contribution >= 4 is 17.7 Å². The van der Waals surface area contributed by atoms with Gasteiger partial charge in [0.2, 0.25) is 6.29 Å². The minimum atomic E-state index is -1.77. The second-order valence-corrected chi connectivity index (χ2v) is 19.9. The highest BCUT2D eigenvalue weighted by atomic mass is 16.7. The third-order valence-electron chi connectivity index (χ3n) is 17.1. The zero-order valence-corrected chi connectivity index (χ0v) is 34.4. The van der Waals surface area contributed by atoms with Crippen LogP contribution in [0.25, 0.3) is 0 Å². The Balaban J connectivity index is 1.22. The summed E-state index contributed by atoms with van der Waals surface area (Å²) in [5.41, 5.74) is -3.67. The van der Waals surface area contributed by atoms with Gasteiger partial charge in [0.15, 0.2) is 12.1 Å². The Morgan fingerprint density at radius 3 is 2.16 bits per heavy atom. The number of rotatable bonds is 7. The van der Waals surface area contributed by atoms with Crippen LogP contribution in [-0.4, -0.2) is 147 Å². The van der Waals surface area contributed by atoms with Gasteiger partial charge in [-0.2, -0.15) is 0 Å². The van der Waals surface area contributed by atoms with Gasteiger partial charge in [-0.05, 0) is 92.3 Å². The van der Waals surface area contributed by atoms with Crippen LogP contribution in [0.15, 0.2) is 11.6 Å². The fourth-order valence-corrected chi connectivity index (χ4v) is 13.4. The average molecular weight is 825 g/mol. The van der Waals surface area contributed by atoms with Crippen molar-refractivity contribution in [3.8, 4) is 0 Å². The third-order valence-corrected chi connectivity index (χ3v) is 17.1. The van der Waals surface area contributed by atoms with Crippen molar-refractivity contribution in [3.63, 3.8) is 0 Å². The SMILES string of the molecule is COC(=O)[C@@]1(C)CC[C@]2(C(=O)O[C@@H]3O[C@H](CO)[C@@H](O)[C@H](O)[C@H]3O)CC[C@]3(C)C(=CC[C@@H]4[C@@]5(C)CC(=O)[C@H](O[C@@H]6OC[C@@H](O)[C@H](O)[C@H]6O)[C@@](C)(CO)[C@@H]5CC[C@]43C)[C@@H]2C1. The zero-order chi connectivity index (χ0) is 42.5. The van der Waals surface area contributed by atoms with Gasteiger partial charge in [-0.25, -0.2) is 0 Å². The summed E-state index contributed by atoms with van der Waals surface area (Å²) >= 11 is 0. The summed E-state index contributed by atoms with van der Waals surface area (Å²) in [4.78, 5) is 42.4. The molecule has 5 aliphatic carbocycles. The van der Waals surface area contributed by atoms with Crippen LogP contribution in [0.2, 0.25) is 0 Å². The van der Waals surface area contributed by atoms with Crippen LogP contribution in [0.3, 0.4) is 0 Å². The van der Waals surface area contributed by atoms with Crippen LogP contribution in [0, 0.1) is 50.2 Å². The quantitative estimate of drug-likeness (QED) is 0.0973. The molecule has 0 bridgehead atoms. The predicted octanol–water partition coefficient (Wildman–Crippen LogP) is 0.260. The minimum absolute atomic E-state index is 0.0547. The highest BCUT2D eigenvalue weighted by Gasteiger charge is 2.72. The number of allylic oxidation sites excluding steroid dienone is 2. The molecule has 58 heavy (non-hydrogen) atoms. The molecule has 7 aliphatic rings. The van der Waals surface area contributed by atoms with E-state index in [9.17, 15) is 55.2 Å². The van der Waals surface area contributed by atoms with Crippen LogP contribution in [0.1, 0.15) is 92.4 Å². The van der Waals surface area contributed by atoms with E-state index in [1.807, 2.05) is 13.8 Å². The van der Waals surface area contributed by atoms with Gasteiger partial charge in [0.25, 0.3) is 0 Å². The summed E-state index contributed by atoms with van der Waals surface area (Å²) < 4.78 is 28.5. The molecule has 8 N–H and O–H groups in total. The van der Waals surface area contributed by atoms with Crippen molar-refractivity contribution in [1.29, 1.82) is 0 Å². The lowest BCUT2D eigenvalue weighted by Crippen LogP contribution is -2.68. The molecule has 2 saturated heterocycles. The Kier molecular flexibility index (Phi) is 11.4. The summed E-state index contributed by atoms with van der Waals surface area (Å²) in [7, 11) is 1.34. The molecule has 0 unspecified atom stereocenters. The summed E-state index contributed by atoms with van der Waals surface area (Å²) in [5, 5.41) is 83.5. The molecule has 6 fully saturated rings. The molecule has 0 aromatic rings. The number of aliphatic hydroxyl groups is 8. The van der Waals surface area contributed by atoms with E-state index < -0.39 is 112 Å². The largest absolute Gasteiger partial charge is 0.469 e. The molecule has 328 valence electrons. The maximum Gasteiger partial charge on any atom is 0.315 e. The Morgan fingerprint density at radius 2 is 1.50 bits per heavy atom. The van der Waals surface area contributed by atoms with Crippen molar-refractivity contribution in [3.05, 3.63) is 11.6 Å². The summed E-state index contributed by atoms with van der Waals surface area (Å²) in [5.74, 6) is -2.04. The normalized spacial score (nSPS) is 52.9. The number of hydrogen-bond acceptors (Lipinski definition) is 16. The third kappa shape index (κ3) is 6.21. The Morgan fingerprint density at radius 1 is 0.828 bits per heavy atom. The van der Waals surface area contributed by atoms with Crippen LogP contribution in [0.4, 0.5) is 0 Å². The second-order valence-electron chi connectivity index (χ2n) is 19.9. The topological polar surface area (TPSA) is 259 Å². The number of fused-ring (bicyclic) bond motifs is 7. The minimum Gasteiger partial charge on any atom is -0.469 e. The van der Waals surface area contributed by atoms with Gasteiger partial charge in [0.05, 0.1) is 37.8 Å². The lowest BCUT2D eigenvalue weighted by Gasteiger charge is -2.71. The number of hydrogen-bond donors (Lipinski definition) is 8. The maximum atomic E-state index is 14.7. The van der Waals surface area contributed by atoms with Crippen molar-refractivity contribution in [2.75, 3.05) is 26.9 Å². The first-order valence-electron chi connectivity index (χ1n) is 20.9. The lowest BCUT2D eigenvalue weighted by molar-refractivity contribution is -0.303. The summed E-state index contributed by atoms with van der Waals surface area (Å²) in [6.45, 7) is 8.92. The molecule has 0 spiro atoms. The van der Waals surface area contributed by atoms with E-state index in [1.54, 1.807) is 0 Å². The van der Waals surface area contributed by atoms with Crippen molar-refractivity contribution in [2.45, 2.75) is 154 Å². The highest BCUT2D eigenvalue weighted by molar-refractivity contribution is 5.86. The Bertz CT molecular complexity index is 1650. The van der Waals surface area contributed by atoms with Gasteiger partial charge in [-0.15, -0.1) is 0 Å². The Labute approximate surface area is 338 Å². The molecule has 7 rings (SSSR count). The molecule has 0 radical (unpaired) electrons. The fraction of sp³-hybridized carbons (Fsp3) is 0.881. The molecule has 2 aliphatic heterocycles. The monoisotopic (exact) mass is 824 g/mol. The molecule has 2 heterocycles. The fourth-order valence-electron chi connectivity index (χ4n) is 13.4. The van der Waals surface area contributed by atoms with Crippen LogP contribution < -0.4 is 0 Å². The van der Waals surface area contributed by atoms with Gasteiger partial charge in [0.1, 0.15) is 48.8 Å². The molecule has 4 saturated carbocycles. The number of esters is 2. The van der Waals surface area contributed by atoms with Gasteiger partial charge in [0, 0.05) is 11.8 Å². The number of Topliss-reactive ketones (excluding diaryl/α,β-unsaturated/α-hetero) is 1. The first-order chi connectivity index (χ1) is 27.1. The average Bonchev–Trinajstić information content (AvgIpc) is 3.19. The molecule has 19 atom stereocenters. The molecular formula is C42H64O16. The van der Waals surface area contributed by atoms with Gasteiger partial charge < -0.3 is 64.5 Å². The van der Waals surface area contributed by atoms with E-state index >= 15 is 0 Å². The van der Waals surface area contributed by atoms with E-state index in [2.05, 4.69) is 26.8 Å². The molecule has 0 aromatic carbocycles. The van der Waals surface area contributed by atoms with Crippen molar-refractivity contribution in [1.82, 2.24) is 0 Å². The Hall–Kier alpha value is -2.09. The zero-order valence-electron chi connectivity index (χ0n) is 34.4. The highest BCUT2D eigenvalue weighted by Crippen LogP contribution is 2.76. The first-order valence-corrected chi connectivity index (χ1v) is 20.9. The predicted molar refractivity (Wildman–Crippen MR) is 200 cm³/mol. The van der Waals surface area contributed by atoms with Gasteiger partial charge >= 0.3 is 11.9 Å². The van der Waals surface area contributed by atoms with E-state index in [-0.39, 0.29) is 56.1 Å². The number of aliphatic hydroxyl groups excluding tert-OH is 8. The number of methoxy groups -OCH3 is 1. The lowest BCUT2D eigenvalue weighted by atomic mass is 9.33. The van der Waals surface area contributed by atoms with Gasteiger partial charge in [-0.1, -0.05) is 39.3 Å². The van der Waals surface area contributed by atoms with Gasteiger partial charge in [-0.3, -0.25) is 14.4 Å². The van der Waals surface area contributed by atoms with E-state index in [4.69, 9.17) is 23.7 Å². The maximum absolute atomic E-state index is 14.7. The van der Waals surface area contributed by atoms with E-state index in [0.717, 1.165) is 5.57 Å². The van der Waals surface area contributed by atoms with Crippen LogP contribution in [-0.2, 0) is 38.1 Å². The second kappa shape index (κ2) is 15.1. The smallest absolute Gasteiger partial charge is 0.315 e.